The van der Waals surface area contributed by atoms with E-state index < -0.39 is 0 Å². The average Bonchev–Trinajstić information content (AvgIpc) is 2.83. The van der Waals surface area contributed by atoms with Crippen LogP contribution in [0.15, 0.2) is 60.7 Å². The van der Waals surface area contributed by atoms with Gasteiger partial charge in [0, 0.05) is 11.1 Å². The Morgan fingerprint density at radius 3 is 2.36 bits per heavy atom. The number of hydrogen-bond acceptors (Lipinski definition) is 3. The molecule has 0 radical (unpaired) electrons. The normalized spacial score (nSPS) is 13.1. The Balaban J connectivity index is 1.85. The van der Waals surface area contributed by atoms with E-state index in [1.54, 1.807) is 18.2 Å². The molecule has 3 aromatic carbocycles. The van der Waals surface area contributed by atoms with Crippen molar-refractivity contribution in [2.75, 3.05) is 5.32 Å². The van der Waals surface area contributed by atoms with Crippen LogP contribution in [-0.4, -0.2) is 11.8 Å². The highest BCUT2D eigenvalue weighted by Gasteiger charge is 2.29. The summed E-state index contributed by atoms with van der Waals surface area (Å²) < 4.78 is 0. The molecule has 2 N–H and O–H groups in total. The number of nitrogens with one attached hydrogen (secondary N) is 2. The number of benzene rings is 3. The maximum absolute atomic E-state index is 12.0. The fourth-order valence-corrected chi connectivity index (χ4v) is 2.80. The molecular formula is C18H12N2O2. The van der Waals surface area contributed by atoms with Crippen molar-refractivity contribution in [2.45, 2.75) is 0 Å². The third-order valence-corrected chi connectivity index (χ3v) is 3.82. The smallest absolute Gasteiger partial charge is 0.261 e. The lowest BCUT2D eigenvalue weighted by atomic mass is 10.1. The average molecular weight is 288 g/mol. The summed E-state index contributed by atoms with van der Waals surface area (Å²) in [6.07, 6.45) is 0. The van der Waals surface area contributed by atoms with E-state index >= 15 is 0 Å². The van der Waals surface area contributed by atoms with Gasteiger partial charge in [-0.15, -0.1) is 0 Å². The van der Waals surface area contributed by atoms with Gasteiger partial charge in [-0.05, 0) is 23.6 Å². The van der Waals surface area contributed by atoms with E-state index in [2.05, 4.69) is 10.6 Å². The molecule has 0 atom stereocenters. The molecule has 22 heavy (non-hydrogen) atoms. The van der Waals surface area contributed by atoms with Gasteiger partial charge in [-0.2, -0.15) is 0 Å². The topological polar surface area (TPSA) is 58.2 Å². The summed E-state index contributed by atoms with van der Waals surface area (Å²) in [5.74, 6) is -0.704. The minimum absolute atomic E-state index is 0.346. The highest BCUT2D eigenvalue weighted by Crippen LogP contribution is 2.30. The van der Waals surface area contributed by atoms with Crippen LogP contribution in [0.2, 0.25) is 0 Å². The van der Waals surface area contributed by atoms with E-state index in [4.69, 9.17) is 0 Å². The van der Waals surface area contributed by atoms with Gasteiger partial charge >= 0.3 is 0 Å². The van der Waals surface area contributed by atoms with Crippen LogP contribution in [0.3, 0.4) is 0 Å². The number of imide groups is 1. The van der Waals surface area contributed by atoms with E-state index in [1.807, 2.05) is 42.5 Å². The van der Waals surface area contributed by atoms with Gasteiger partial charge in [-0.25, -0.2) is 0 Å². The first-order valence-electron chi connectivity index (χ1n) is 6.97. The van der Waals surface area contributed by atoms with Crippen molar-refractivity contribution in [3.05, 3.63) is 71.8 Å². The van der Waals surface area contributed by atoms with Crippen LogP contribution < -0.4 is 10.6 Å². The van der Waals surface area contributed by atoms with Crippen molar-refractivity contribution in [2.24, 2.45) is 0 Å². The van der Waals surface area contributed by atoms with Crippen LogP contribution >= 0.6 is 0 Å². The van der Waals surface area contributed by atoms with Crippen molar-refractivity contribution in [1.29, 1.82) is 0 Å². The quantitative estimate of drug-likeness (QED) is 0.710. The second kappa shape index (κ2) is 4.70. The van der Waals surface area contributed by atoms with Crippen LogP contribution in [0, 0.1) is 0 Å². The summed E-state index contributed by atoms with van der Waals surface area (Å²) in [6.45, 7) is 0. The second-order valence-corrected chi connectivity index (χ2v) is 5.16. The van der Waals surface area contributed by atoms with Gasteiger partial charge in [0.1, 0.15) is 0 Å². The predicted octanol–water partition coefficient (Wildman–Crippen LogP) is 3.47. The molecule has 0 fully saturated rings. The van der Waals surface area contributed by atoms with Gasteiger partial charge in [0.25, 0.3) is 11.8 Å². The highest BCUT2D eigenvalue weighted by atomic mass is 16.2. The first-order valence-corrected chi connectivity index (χ1v) is 6.97. The first kappa shape index (κ1) is 12.6. The van der Waals surface area contributed by atoms with Crippen LogP contribution in [0.4, 0.5) is 11.4 Å². The molecule has 3 aromatic rings. The molecule has 1 aliphatic rings. The third-order valence-electron chi connectivity index (χ3n) is 3.82. The van der Waals surface area contributed by atoms with Gasteiger partial charge < -0.3 is 5.32 Å². The SMILES string of the molecule is O=C1NC(=O)c2c(Nc3cccc4ccccc34)cccc21. The van der Waals surface area contributed by atoms with E-state index in [0.29, 0.717) is 16.8 Å². The maximum Gasteiger partial charge on any atom is 0.261 e. The van der Waals surface area contributed by atoms with Crippen LogP contribution in [-0.2, 0) is 0 Å². The molecule has 2 amide bonds. The van der Waals surface area contributed by atoms with Gasteiger partial charge in [-0.1, -0.05) is 42.5 Å². The lowest BCUT2D eigenvalue weighted by molar-refractivity contribution is 0.0880. The largest absolute Gasteiger partial charge is 0.354 e. The number of hydrogen-bond donors (Lipinski definition) is 2. The highest BCUT2D eigenvalue weighted by molar-refractivity contribution is 6.24. The summed E-state index contributed by atoms with van der Waals surface area (Å²) in [5, 5.41) is 7.79. The van der Waals surface area contributed by atoms with E-state index in [1.165, 1.54) is 0 Å². The predicted molar refractivity (Wildman–Crippen MR) is 85.5 cm³/mol. The number of anilines is 2. The Bertz CT molecular complexity index is 926. The molecule has 4 rings (SSSR count). The Labute approximate surface area is 126 Å². The molecule has 1 aliphatic heterocycles. The van der Waals surface area contributed by atoms with Gasteiger partial charge in [0.15, 0.2) is 0 Å². The summed E-state index contributed by atoms with van der Waals surface area (Å²) in [5.41, 5.74) is 2.35. The summed E-state index contributed by atoms with van der Waals surface area (Å²) in [4.78, 5) is 23.7. The summed E-state index contributed by atoms with van der Waals surface area (Å²) in [7, 11) is 0. The molecule has 0 unspecified atom stereocenters. The zero-order chi connectivity index (χ0) is 15.1. The third kappa shape index (κ3) is 1.85. The first-order chi connectivity index (χ1) is 10.7. The zero-order valence-electron chi connectivity index (χ0n) is 11.6. The monoisotopic (exact) mass is 288 g/mol. The minimum atomic E-state index is -0.358. The molecule has 4 heteroatoms. The zero-order valence-corrected chi connectivity index (χ0v) is 11.6. The van der Waals surface area contributed by atoms with E-state index in [0.717, 1.165) is 16.5 Å². The molecule has 0 aliphatic carbocycles. The van der Waals surface area contributed by atoms with E-state index in [9.17, 15) is 9.59 Å². The Morgan fingerprint density at radius 1 is 0.727 bits per heavy atom. The number of carbonyl (C=O) groups excluding carboxylic acids is 2. The fraction of sp³-hybridized carbons (Fsp3) is 0. The van der Waals surface area contributed by atoms with Gasteiger partial charge in [0.2, 0.25) is 0 Å². The van der Waals surface area contributed by atoms with Crippen molar-refractivity contribution in [1.82, 2.24) is 5.32 Å². The number of rotatable bonds is 2. The fourth-order valence-electron chi connectivity index (χ4n) is 2.80. The lowest BCUT2D eigenvalue weighted by Gasteiger charge is -2.12. The van der Waals surface area contributed by atoms with E-state index in [-0.39, 0.29) is 11.8 Å². The van der Waals surface area contributed by atoms with Crippen molar-refractivity contribution >= 4 is 34.0 Å². The van der Waals surface area contributed by atoms with Gasteiger partial charge in [-0.3, -0.25) is 14.9 Å². The molecule has 4 nitrogen and oxygen atoms in total. The maximum atomic E-state index is 12.0. The molecule has 0 saturated heterocycles. The van der Waals surface area contributed by atoms with Crippen LogP contribution in [0.25, 0.3) is 10.8 Å². The van der Waals surface area contributed by atoms with Gasteiger partial charge in [0.05, 0.1) is 16.8 Å². The number of fused-ring (bicyclic) bond motifs is 2. The van der Waals surface area contributed by atoms with Crippen molar-refractivity contribution in [3.8, 4) is 0 Å². The molecule has 0 bridgehead atoms. The Kier molecular flexibility index (Phi) is 2.69. The summed E-state index contributed by atoms with van der Waals surface area (Å²) >= 11 is 0. The second-order valence-electron chi connectivity index (χ2n) is 5.16. The molecule has 1 heterocycles. The molecular weight excluding hydrogens is 276 g/mol. The van der Waals surface area contributed by atoms with Crippen LogP contribution in [0.5, 0.6) is 0 Å². The standard InChI is InChI=1S/C18H12N2O2/c21-17-13-8-4-10-15(16(13)18(22)20-17)19-14-9-3-6-11-5-1-2-7-12(11)14/h1-10,19H,(H,20,21,22). The molecule has 106 valence electrons. The Morgan fingerprint density at radius 2 is 1.45 bits per heavy atom. The molecule has 0 saturated carbocycles. The van der Waals surface area contributed by atoms with Crippen molar-refractivity contribution in [3.63, 3.8) is 0 Å². The molecule has 0 aromatic heterocycles. The molecule has 0 spiro atoms. The number of carbonyl (C=O) groups is 2. The Hall–Kier alpha value is -3.14. The minimum Gasteiger partial charge on any atom is -0.354 e. The number of amides is 2. The lowest BCUT2D eigenvalue weighted by Crippen LogP contribution is -2.20. The van der Waals surface area contributed by atoms with Crippen LogP contribution in [0.1, 0.15) is 20.7 Å². The summed E-state index contributed by atoms with van der Waals surface area (Å²) in [6, 6.07) is 19.2. The van der Waals surface area contributed by atoms with Crippen molar-refractivity contribution < 1.29 is 9.59 Å².